The number of nitrogens with one attached hydrogen (secondary N) is 1. The second-order valence-corrected chi connectivity index (χ2v) is 5.25. The number of alkyl halides is 1. The monoisotopic (exact) mass is 215 g/mol. The average molecular weight is 216 g/mol. The molecule has 0 radical (unpaired) electrons. The first kappa shape index (κ1) is 10.3. The van der Waals surface area contributed by atoms with Crippen LogP contribution in [0, 0.1) is 11.8 Å². The Morgan fingerprint density at radius 2 is 1.79 bits per heavy atom. The summed E-state index contributed by atoms with van der Waals surface area (Å²) < 4.78 is 0. The van der Waals surface area contributed by atoms with Crippen LogP contribution in [0.4, 0.5) is 0 Å². The second-order valence-electron chi connectivity index (χ2n) is 4.64. The molecule has 1 N–H and O–H groups in total. The first-order valence-corrected chi connectivity index (χ1v) is 6.11. The minimum atomic E-state index is 0.276. The predicted molar refractivity (Wildman–Crippen MR) is 57.3 cm³/mol. The van der Waals surface area contributed by atoms with Gasteiger partial charge in [0.25, 0.3) is 0 Å². The molecule has 2 aliphatic carbocycles. The van der Waals surface area contributed by atoms with E-state index in [0.29, 0.717) is 17.2 Å². The maximum absolute atomic E-state index is 11.4. The van der Waals surface area contributed by atoms with Crippen LogP contribution in [-0.4, -0.2) is 17.8 Å². The molecule has 0 aliphatic heterocycles. The van der Waals surface area contributed by atoms with Gasteiger partial charge < -0.3 is 5.32 Å². The quantitative estimate of drug-likeness (QED) is 0.720. The molecule has 14 heavy (non-hydrogen) atoms. The van der Waals surface area contributed by atoms with Crippen LogP contribution in [0.2, 0.25) is 0 Å². The highest BCUT2D eigenvalue weighted by Gasteiger charge is 2.30. The fourth-order valence-electron chi connectivity index (χ4n) is 2.06. The predicted octanol–water partition coefficient (Wildman–Crippen LogP) is 2.31. The van der Waals surface area contributed by atoms with Crippen LogP contribution in [0.1, 0.15) is 38.5 Å². The Kier molecular flexibility index (Phi) is 3.32. The van der Waals surface area contributed by atoms with Crippen molar-refractivity contribution >= 4 is 17.5 Å². The highest BCUT2D eigenvalue weighted by molar-refractivity contribution is 6.20. The number of hydrogen-bond acceptors (Lipinski definition) is 1. The molecule has 2 fully saturated rings. The molecule has 80 valence electrons. The van der Waals surface area contributed by atoms with Gasteiger partial charge in [0.1, 0.15) is 0 Å². The van der Waals surface area contributed by atoms with Gasteiger partial charge in [0.2, 0.25) is 5.91 Å². The van der Waals surface area contributed by atoms with Gasteiger partial charge in [0.15, 0.2) is 0 Å². The summed E-state index contributed by atoms with van der Waals surface area (Å²) in [4.78, 5) is 11.4. The molecule has 2 aliphatic rings. The molecule has 0 aromatic heterocycles. The third kappa shape index (κ3) is 2.88. The van der Waals surface area contributed by atoms with Crippen molar-refractivity contribution in [1.29, 1.82) is 0 Å². The molecule has 0 aromatic rings. The van der Waals surface area contributed by atoms with E-state index in [0.717, 1.165) is 32.2 Å². The molecule has 0 heterocycles. The molecule has 0 bridgehead atoms. The van der Waals surface area contributed by atoms with Crippen molar-refractivity contribution in [3.63, 3.8) is 0 Å². The van der Waals surface area contributed by atoms with Gasteiger partial charge in [-0.05, 0) is 44.4 Å². The molecule has 0 spiro atoms. The van der Waals surface area contributed by atoms with Gasteiger partial charge >= 0.3 is 0 Å². The van der Waals surface area contributed by atoms with E-state index >= 15 is 0 Å². The van der Waals surface area contributed by atoms with Gasteiger partial charge in [-0.2, -0.15) is 0 Å². The topological polar surface area (TPSA) is 29.1 Å². The van der Waals surface area contributed by atoms with E-state index in [1.54, 1.807) is 0 Å². The van der Waals surface area contributed by atoms with E-state index in [4.69, 9.17) is 11.6 Å². The molecule has 2 rings (SSSR count). The number of halogens is 1. The lowest BCUT2D eigenvalue weighted by Crippen LogP contribution is -2.32. The molecule has 0 unspecified atom stereocenters. The maximum atomic E-state index is 11.4. The van der Waals surface area contributed by atoms with E-state index < -0.39 is 0 Å². The highest BCUT2D eigenvalue weighted by atomic mass is 35.5. The lowest BCUT2D eigenvalue weighted by Gasteiger charge is -2.25. The molecule has 2 saturated carbocycles. The zero-order valence-corrected chi connectivity index (χ0v) is 9.22. The van der Waals surface area contributed by atoms with Crippen LogP contribution >= 0.6 is 11.6 Å². The summed E-state index contributed by atoms with van der Waals surface area (Å²) >= 11 is 6.02. The Morgan fingerprint density at radius 1 is 1.14 bits per heavy atom. The van der Waals surface area contributed by atoms with Crippen LogP contribution in [0.25, 0.3) is 0 Å². The minimum Gasteiger partial charge on any atom is -0.356 e. The second kappa shape index (κ2) is 4.52. The molecular formula is C11H18ClNO. The first-order valence-electron chi connectivity index (χ1n) is 5.67. The van der Waals surface area contributed by atoms with Gasteiger partial charge in [0, 0.05) is 17.8 Å². The number of amides is 1. The van der Waals surface area contributed by atoms with E-state index in [2.05, 4.69) is 5.32 Å². The van der Waals surface area contributed by atoms with Crippen molar-refractivity contribution in [3.05, 3.63) is 0 Å². The zero-order valence-electron chi connectivity index (χ0n) is 8.47. The van der Waals surface area contributed by atoms with Gasteiger partial charge in [-0.1, -0.05) is 0 Å². The maximum Gasteiger partial charge on any atom is 0.223 e. The van der Waals surface area contributed by atoms with Gasteiger partial charge in [-0.25, -0.2) is 0 Å². The van der Waals surface area contributed by atoms with Crippen LogP contribution in [-0.2, 0) is 4.79 Å². The minimum absolute atomic E-state index is 0.276. The lowest BCUT2D eigenvalue weighted by molar-refractivity contribution is -0.122. The van der Waals surface area contributed by atoms with Crippen molar-refractivity contribution < 1.29 is 4.79 Å². The molecule has 2 nitrogen and oxygen atoms in total. The van der Waals surface area contributed by atoms with Crippen LogP contribution < -0.4 is 5.32 Å². The summed E-state index contributed by atoms with van der Waals surface area (Å²) in [6.45, 7) is 0.874. The van der Waals surface area contributed by atoms with Crippen LogP contribution in [0.15, 0.2) is 0 Å². The number of carbonyl (C=O) groups is 1. The van der Waals surface area contributed by atoms with Crippen LogP contribution in [0.3, 0.4) is 0 Å². The molecule has 0 aromatic carbocycles. The smallest absolute Gasteiger partial charge is 0.223 e. The third-order valence-corrected chi connectivity index (χ3v) is 3.73. The number of rotatable bonds is 3. The summed E-state index contributed by atoms with van der Waals surface area (Å²) in [6.07, 6.45) is 6.79. The highest BCUT2D eigenvalue weighted by Crippen LogP contribution is 2.30. The summed E-state index contributed by atoms with van der Waals surface area (Å²) in [7, 11) is 0. The van der Waals surface area contributed by atoms with E-state index in [9.17, 15) is 4.79 Å². The summed E-state index contributed by atoms with van der Waals surface area (Å²) in [5.41, 5.74) is 0. The number of hydrogen-bond donors (Lipinski definition) is 1. The SMILES string of the molecule is O=C(NCC1CCC(Cl)CC1)C1CC1. The summed E-state index contributed by atoms with van der Waals surface area (Å²) in [6, 6.07) is 0. The van der Waals surface area contributed by atoms with Gasteiger partial charge in [-0.3, -0.25) is 4.79 Å². The Hall–Kier alpha value is -0.240. The Morgan fingerprint density at radius 3 is 2.36 bits per heavy atom. The summed E-state index contributed by atoms with van der Waals surface area (Å²) in [5.74, 6) is 1.30. The number of carbonyl (C=O) groups excluding carboxylic acids is 1. The molecule has 0 saturated heterocycles. The Bertz CT molecular complexity index is 207. The molecular weight excluding hydrogens is 198 g/mol. The molecule has 0 atom stereocenters. The van der Waals surface area contributed by atoms with Crippen molar-refractivity contribution in [1.82, 2.24) is 5.32 Å². The lowest BCUT2D eigenvalue weighted by atomic mass is 9.89. The fourth-order valence-corrected chi connectivity index (χ4v) is 2.31. The fraction of sp³-hybridized carbons (Fsp3) is 0.909. The van der Waals surface area contributed by atoms with Gasteiger partial charge in [0.05, 0.1) is 0 Å². The zero-order chi connectivity index (χ0) is 9.97. The molecule has 3 heteroatoms. The summed E-state index contributed by atoms with van der Waals surface area (Å²) in [5, 5.41) is 3.43. The Labute approximate surface area is 90.4 Å². The van der Waals surface area contributed by atoms with Crippen LogP contribution in [0.5, 0.6) is 0 Å². The molecule has 1 amide bonds. The van der Waals surface area contributed by atoms with Crippen molar-refractivity contribution in [2.24, 2.45) is 11.8 Å². The van der Waals surface area contributed by atoms with Gasteiger partial charge in [-0.15, -0.1) is 11.6 Å². The standard InChI is InChI=1S/C11H18ClNO/c12-10-5-1-8(2-6-10)7-13-11(14)9-3-4-9/h8-10H,1-7H2,(H,13,14). The van der Waals surface area contributed by atoms with Crippen molar-refractivity contribution in [2.45, 2.75) is 43.9 Å². The normalized spacial score (nSPS) is 32.6. The van der Waals surface area contributed by atoms with E-state index in [1.807, 2.05) is 0 Å². The van der Waals surface area contributed by atoms with Crippen molar-refractivity contribution in [2.75, 3.05) is 6.54 Å². The largest absolute Gasteiger partial charge is 0.356 e. The van der Waals surface area contributed by atoms with E-state index in [1.165, 1.54) is 12.8 Å². The van der Waals surface area contributed by atoms with E-state index in [-0.39, 0.29) is 5.91 Å². The first-order chi connectivity index (χ1) is 6.75. The Balaban J connectivity index is 1.62. The van der Waals surface area contributed by atoms with Crippen molar-refractivity contribution in [3.8, 4) is 0 Å². The average Bonchev–Trinajstić information content (AvgIpc) is 3.00. The third-order valence-electron chi connectivity index (χ3n) is 3.29.